The molecule has 1 atom stereocenters. The fourth-order valence-corrected chi connectivity index (χ4v) is 3.06. The summed E-state index contributed by atoms with van der Waals surface area (Å²) in [6.07, 6.45) is 1.50. The van der Waals surface area contributed by atoms with Gasteiger partial charge in [-0.2, -0.15) is 0 Å². The van der Waals surface area contributed by atoms with Crippen molar-refractivity contribution >= 4 is 23.2 Å². The number of fused-ring (bicyclic) bond motifs is 1. The van der Waals surface area contributed by atoms with Crippen LogP contribution in [0.2, 0.25) is 5.02 Å². The molecule has 0 saturated heterocycles. The van der Waals surface area contributed by atoms with Crippen LogP contribution in [0, 0.1) is 0 Å². The number of hydrogen-bond donors (Lipinski definition) is 2. The number of rotatable bonds is 3. The topological polar surface area (TPSA) is 55.1 Å². The fraction of sp³-hybridized carbons (Fsp3) is 0.188. The van der Waals surface area contributed by atoms with Crippen LogP contribution in [0.15, 0.2) is 48.5 Å². The van der Waals surface area contributed by atoms with Crippen LogP contribution < -0.4 is 11.1 Å². The van der Waals surface area contributed by atoms with Crippen LogP contribution in [0.4, 0.5) is 5.69 Å². The van der Waals surface area contributed by atoms with Crippen LogP contribution in [0.3, 0.4) is 0 Å². The van der Waals surface area contributed by atoms with Crippen LogP contribution in [0.25, 0.3) is 0 Å². The van der Waals surface area contributed by atoms with Crippen molar-refractivity contribution in [1.82, 2.24) is 0 Å². The first-order chi connectivity index (χ1) is 9.62. The lowest BCUT2D eigenvalue weighted by atomic mass is 9.90. The quantitative estimate of drug-likeness (QED) is 0.911. The summed E-state index contributed by atoms with van der Waals surface area (Å²) < 4.78 is 0. The highest BCUT2D eigenvalue weighted by molar-refractivity contribution is 6.30. The van der Waals surface area contributed by atoms with E-state index in [4.69, 9.17) is 17.3 Å². The first-order valence-corrected chi connectivity index (χ1v) is 6.92. The molecule has 1 aliphatic carbocycles. The van der Waals surface area contributed by atoms with E-state index in [1.54, 1.807) is 12.1 Å². The lowest BCUT2D eigenvalue weighted by molar-refractivity contribution is -0.122. The van der Waals surface area contributed by atoms with Crippen molar-refractivity contribution in [1.29, 1.82) is 0 Å². The molecule has 20 heavy (non-hydrogen) atoms. The summed E-state index contributed by atoms with van der Waals surface area (Å²) in [5, 5.41) is 3.92. The maximum absolute atomic E-state index is 12.1. The smallest absolute Gasteiger partial charge is 0.247 e. The van der Waals surface area contributed by atoms with Gasteiger partial charge in [-0.05, 0) is 42.2 Å². The Kier molecular flexibility index (Phi) is 3.14. The second kappa shape index (κ2) is 4.84. The Morgan fingerprint density at radius 1 is 1.20 bits per heavy atom. The zero-order chi connectivity index (χ0) is 14.2. The first kappa shape index (κ1) is 13.0. The first-order valence-electron chi connectivity index (χ1n) is 6.54. The number of anilines is 1. The number of aryl methyl sites for hydroxylation is 1. The van der Waals surface area contributed by atoms with E-state index < -0.39 is 5.54 Å². The van der Waals surface area contributed by atoms with Gasteiger partial charge in [-0.3, -0.25) is 4.79 Å². The molecule has 2 aromatic carbocycles. The molecule has 2 aromatic rings. The molecule has 1 unspecified atom stereocenters. The number of primary amides is 1. The molecular weight excluding hydrogens is 272 g/mol. The highest BCUT2D eigenvalue weighted by atomic mass is 35.5. The number of hydrogen-bond acceptors (Lipinski definition) is 2. The molecule has 1 aliphatic rings. The molecule has 0 spiro atoms. The SMILES string of the molecule is NC(=O)C1(Nc2cccc(Cl)c2)CCc2ccccc21. The van der Waals surface area contributed by atoms with Gasteiger partial charge in [-0.1, -0.05) is 41.9 Å². The monoisotopic (exact) mass is 286 g/mol. The molecule has 0 heterocycles. The minimum Gasteiger partial charge on any atom is -0.368 e. The van der Waals surface area contributed by atoms with E-state index in [0.29, 0.717) is 11.4 Å². The molecule has 3 nitrogen and oxygen atoms in total. The van der Waals surface area contributed by atoms with Gasteiger partial charge in [0.2, 0.25) is 5.91 Å². The summed E-state index contributed by atoms with van der Waals surface area (Å²) in [4.78, 5) is 12.1. The maximum Gasteiger partial charge on any atom is 0.247 e. The van der Waals surface area contributed by atoms with E-state index >= 15 is 0 Å². The van der Waals surface area contributed by atoms with Gasteiger partial charge in [0.05, 0.1) is 0 Å². The third-order valence-electron chi connectivity index (χ3n) is 3.85. The lowest BCUT2D eigenvalue weighted by Gasteiger charge is -2.29. The molecule has 0 aliphatic heterocycles. The Labute approximate surface area is 122 Å². The van der Waals surface area contributed by atoms with Gasteiger partial charge in [0.1, 0.15) is 5.54 Å². The third-order valence-corrected chi connectivity index (χ3v) is 4.08. The summed E-state index contributed by atoms with van der Waals surface area (Å²) >= 11 is 6.00. The number of carbonyl (C=O) groups is 1. The van der Waals surface area contributed by atoms with Crippen molar-refractivity contribution in [3.63, 3.8) is 0 Å². The van der Waals surface area contributed by atoms with E-state index in [-0.39, 0.29) is 5.91 Å². The molecule has 0 bridgehead atoms. The number of carbonyl (C=O) groups excluding carboxylic acids is 1. The van der Waals surface area contributed by atoms with Gasteiger partial charge >= 0.3 is 0 Å². The Bertz CT molecular complexity index is 671. The summed E-state index contributed by atoms with van der Waals surface area (Å²) in [7, 11) is 0. The average molecular weight is 287 g/mol. The Balaban J connectivity index is 2.05. The van der Waals surface area contributed by atoms with E-state index in [9.17, 15) is 4.79 Å². The summed E-state index contributed by atoms with van der Waals surface area (Å²) in [6, 6.07) is 15.2. The average Bonchev–Trinajstić information content (AvgIpc) is 2.79. The fourth-order valence-electron chi connectivity index (χ4n) is 2.87. The van der Waals surface area contributed by atoms with Crippen molar-refractivity contribution in [3.8, 4) is 0 Å². The number of amides is 1. The molecular formula is C16H15ClN2O. The van der Waals surface area contributed by atoms with Crippen molar-refractivity contribution in [3.05, 3.63) is 64.7 Å². The highest BCUT2D eigenvalue weighted by Gasteiger charge is 2.43. The van der Waals surface area contributed by atoms with Gasteiger partial charge in [-0.25, -0.2) is 0 Å². The molecule has 3 rings (SSSR count). The summed E-state index contributed by atoms with van der Waals surface area (Å²) in [5.41, 5.74) is 7.78. The van der Waals surface area contributed by atoms with Gasteiger partial charge in [0.25, 0.3) is 0 Å². The largest absolute Gasteiger partial charge is 0.368 e. The highest BCUT2D eigenvalue weighted by Crippen LogP contribution is 2.39. The van der Waals surface area contributed by atoms with Crippen LogP contribution in [-0.4, -0.2) is 5.91 Å². The second-order valence-corrected chi connectivity index (χ2v) is 5.50. The predicted molar refractivity (Wildman–Crippen MR) is 80.7 cm³/mol. The molecule has 1 amide bonds. The third kappa shape index (κ3) is 2.04. The number of halogens is 1. The molecule has 3 N–H and O–H groups in total. The van der Waals surface area contributed by atoms with Crippen molar-refractivity contribution in [2.75, 3.05) is 5.32 Å². The zero-order valence-corrected chi connectivity index (χ0v) is 11.7. The molecule has 4 heteroatoms. The van der Waals surface area contributed by atoms with Crippen LogP contribution in [0.1, 0.15) is 17.5 Å². The van der Waals surface area contributed by atoms with Crippen molar-refractivity contribution < 1.29 is 4.79 Å². The molecule has 0 aromatic heterocycles. The van der Waals surface area contributed by atoms with Crippen molar-refractivity contribution in [2.45, 2.75) is 18.4 Å². The summed E-state index contributed by atoms with van der Waals surface area (Å²) in [5.74, 6) is -0.359. The summed E-state index contributed by atoms with van der Waals surface area (Å²) in [6.45, 7) is 0. The maximum atomic E-state index is 12.1. The molecule has 102 valence electrons. The Hall–Kier alpha value is -2.00. The van der Waals surface area contributed by atoms with Gasteiger partial charge in [-0.15, -0.1) is 0 Å². The van der Waals surface area contributed by atoms with Gasteiger partial charge < -0.3 is 11.1 Å². The Morgan fingerprint density at radius 3 is 2.75 bits per heavy atom. The molecule has 0 fully saturated rings. The van der Waals surface area contributed by atoms with Gasteiger partial charge in [0, 0.05) is 10.7 Å². The normalized spacial score (nSPS) is 20.4. The Morgan fingerprint density at radius 2 is 2.00 bits per heavy atom. The van der Waals surface area contributed by atoms with Crippen molar-refractivity contribution in [2.24, 2.45) is 5.73 Å². The predicted octanol–water partition coefficient (Wildman–Crippen LogP) is 3.08. The number of nitrogens with two attached hydrogens (primary N) is 1. The standard InChI is InChI=1S/C16H15ClN2O/c17-12-5-3-6-13(10-12)19-16(15(18)20)9-8-11-4-1-2-7-14(11)16/h1-7,10,19H,8-9H2,(H2,18,20). The van der Waals surface area contributed by atoms with E-state index in [1.807, 2.05) is 36.4 Å². The van der Waals surface area contributed by atoms with Crippen LogP contribution in [-0.2, 0) is 16.8 Å². The zero-order valence-electron chi connectivity index (χ0n) is 10.9. The van der Waals surface area contributed by atoms with E-state index in [1.165, 1.54) is 5.56 Å². The minimum atomic E-state index is -0.846. The minimum absolute atomic E-state index is 0.359. The lowest BCUT2D eigenvalue weighted by Crippen LogP contribution is -2.46. The molecule has 0 saturated carbocycles. The van der Waals surface area contributed by atoms with Crippen LogP contribution in [0.5, 0.6) is 0 Å². The number of benzene rings is 2. The van der Waals surface area contributed by atoms with E-state index in [2.05, 4.69) is 5.32 Å². The number of nitrogens with one attached hydrogen (secondary N) is 1. The van der Waals surface area contributed by atoms with E-state index in [0.717, 1.165) is 17.7 Å². The van der Waals surface area contributed by atoms with Gasteiger partial charge in [0.15, 0.2) is 0 Å². The van der Waals surface area contributed by atoms with Crippen LogP contribution >= 0.6 is 11.6 Å². The molecule has 0 radical (unpaired) electrons. The second-order valence-electron chi connectivity index (χ2n) is 5.06.